The summed E-state index contributed by atoms with van der Waals surface area (Å²) >= 11 is 6.05. The molecule has 0 bridgehead atoms. The minimum Gasteiger partial charge on any atom is -0.496 e. The van der Waals surface area contributed by atoms with Crippen LogP contribution in [0.4, 0.5) is 0 Å². The number of rotatable bonds is 5. The van der Waals surface area contributed by atoms with Gasteiger partial charge in [-0.25, -0.2) is 9.59 Å². The Morgan fingerprint density at radius 1 is 0.920 bits per heavy atom. The quantitative estimate of drug-likeness (QED) is 0.447. The summed E-state index contributed by atoms with van der Waals surface area (Å²) in [5, 5.41) is 1.59. The van der Waals surface area contributed by atoms with Gasteiger partial charge in [-0.2, -0.15) is 0 Å². The Hall–Kier alpha value is -2.79. The summed E-state index contributed by atoms with van der Waals surface area (Å²) in [5.74, 6) is -0.765. The van der Waals surface area contributed by atoms with Crippen LogP contribution in [0.2, 0.25) is 5.02 Å². The van der Waals surface area contributed by atoms with Gasteiger partial charge in [0.2, 0.25) is 0 Å². The van der Waals surface area contributed by atoms with Crippen LogP contribution in [0.3, 0.4) is 0 Å². The van der Waals surface area contributed by atoms with Crippen molar-refractivity contribution in [2.24, 2.45) is 0 Å². The van der Waals surface area contributed by atoms with Crippen molar-refractivity contribution in [1.82, 2.24) is 0 Å². The first-order valence-electron chi connectivity index (χ1n) is 7.30. The van der Waals surface area contributed by atoms with Crippen LogP contribution in [0.5, 0.6) is 17.2 Å². The zero-order chi connectivity index (χ0) is 18.7. The van der Waals surface area contributed by atoms with E-state index in [0.717, 1.165) is 0 Å². The van der Waals surface area contributed by atoms with E-state index in [1.54, 1.807) is 18.2 Å². The summed E-state index contributed by atoms with van der Waals surface area (Å²) in [6.45, 7) is 10.1. The number of hydrogen-bond acceptors (Lipinski definition) is 5. The van der Waals surface area contributed by atoms with Crippen LogP contribution < -0.4 is 14.2 Å². The van der Waals surface area contributed by atoms with Gasteiger partial charge in [-0.05, 0) is 32.0 Å². The van der Waals surface area contributed by atoms with E-state index in [2.05, 4.69) is 13.2 Å². The smallest absolute Gasteiger partial charge is 0.338 e. The minimum atomic E-state index is -0.650. The van der Waals surface area contributed by atoms with E-state index in [-0.39, 0.29) is 22.6 Å². The van der Waals surface area contributed by atoms with Crippen molar-refractivity contribution < 1.29 is 23.8 Å². The first-order valence-corrected chi connectivity index (χ1v) is 7.68. The molecule has 0 amide bonds. The Morgan fingerprint density at radius 3 is 2.08 bits per heavy atom. The molecule has 0 saturated heterocycles. The topological polar surface area (TPSA) is 61.8 Å². The van der Waals surface area contributed by atoms with Crippen LogP contribution in [0, 0.1) is 0 Å². The van der Waals surface area contributed by atoms with Gasteiger partial charge in [-0.3, -0.25) is 0 Å². The molecule has 0 spiro atoms. The standard InChI is InChI=1S/C19H17ClO5/c1-10(2)18(21)24-16-9-15(23-5)14-8-12(20)6-7-13(14)17(16)25-19(22)11(3)4/h6-9H,1,3H2,2,4-5H3. The van der Waals surface area contributed by atoms with Gasteiger partial charge in [-0.15, -0.1) is 0 Å². The molecular formula is C19H17ClO5. The fourth-order valence-electron chi connectivity index (χ4n) is 2.03. The minimum absolute atomic E-state index is 0.0364. The number of benzene rings is 2. The predicted octanol–water partition coefficient (Wildman–Crippen LogP) is 4.46. The lowest BCUT2D eigenvalue weighted by Gasteiger charge is -2.16. The van der Waals surface area contributed by atoms with Crippen molar-refractivity contribution >= 4 is 34.3 Å². The van der Waals surface area contributed by atoms with Gasteiger partial charge in [0, 0.05) is 33.0 Å². The lowest BCUT2D eigenvalue weighted by Crippen LogP contribution is -2.13. The predicted molar refractivity (Wildman–Crippen MR) is 96.4 cm³/mol. The number of carbonyl (C=O) groups excluding carboxylic acids is 2. The highest BCUT2D eigenvalue weighted by molar-refractivity contribution is 6.31. The van der Waals surface area contributed by atoms with Gasteiger partial charge in [0.05, 0.1) is 7.11 Å². The highest BCUT2D eigenvalue weighted by Gasteiger charge is 2.21. The summed E-state index contributed by atoms with van der Waals surface area (Å²) < 4.78 is 16.0. The second-order valence-electron chi connectivity index (χ2n) is 5.44. The Bertz CT molecular complexity index is 898. The zero-order valence-electron chi connectivity index (χ0n) is 14.1. The summed E-state index contributed by atoms with van der Waals surface area (Å²) in [6, 6.07) is 6.41. The lowest BCUT2D eigenvalue weighted by molar-refractivity contribution is -0.132. The highest BCUT2D eigenvalue weighted by atomic mass is 35.5. The largest absolute Gasteiger partial charge is 0.496 e. The first kappa shape index (κ1) is 18.5. The lowest BCUT2D eigenvalue weighted by atomic mass is 10.1. The van der Waals surface area contributed by atoms with E-state index in [1.807, 2.05) is 0 Å². The molecule has 0 radical (unpaired) electrons. The SMILES string of the molecule is C=C(C)C(=O)Oc1cc(OC)c2cc(Cl)ccc2c1OC(=O)C(=C)C. The summed E-state index contributed by atoms with van der Waals surface area (Å²) in [5.41, 5.74) is 0.405. The van der Waals surface area contributed by atoms with Crippen LogP contribution in [0.1, 0.15) is 13.8 Å². The molecular weight excluding hydrogens is 344 g/mol. The van der Waals surface area contributed by atoms with Crippen LogP contribution in [-0.4, -0.2) is 19.0 Å². The number of halogens is 1. The number of esters is 2. The van der Waals surface area contributed by atoms with E-state index in [0.29, 0.717) is 21.5 Å². The third kappa shape index (κ3) is 4.00. The molecule has 0 aromatic heterocycles. The Morgan fingerprint density at radius 2 is 1.52 bits per heavy atom. The third-order valence-corrected chi connectivity index (χ3v) is 3.53. The van der Waals surface area contributed by atoms with Crippen molar-refractivity contribution in [1.29, 1.82) is 0 Å². The van der Waals surface area contributed by atoms with Gasteiger partial charge in [-0.1, -0.05) is 24.8 Å². The van der Waals surface area contributed by atoms with Crippen LogP contribution in [-0.2, 0) is 9.59 Å². The van der Waals surface area contributed by atoms with E-state index in [4.69, 9.17) is 25.8 Å². The summed E-state index contributed by atoms with van der Waals surface area (Å²) in [7, 11) is 1.47. The Balaban J connectivity index is 2.72. The van der Waals surface area contributed by atoms with Crippen molar-refractivity contribution in [2.75, 3.05) is 7.11 Å². The molecule has 0 aliphatic heterocycles. The average molecular weight is 361 g/mol. The zero-order valence-corrected chi connectivity index (χ0v) is 14.9. The second-order valence-corrected chi connectivity index (χ2v) is 5.87. The average Bonchev–Trinajstić information content (AvgIpc) is 2.55. The molecule has 0 fully saturated rings. The van der Waals surface area contributed by atoms with E-state index >= 15 is 0 Å². The van der Waals surface area contributed by atoms with E-state index in [1.165, 1.54) is 27.0 Å². The molecule has 5 nitrogen and oxygen atoms in total. The van der Waals surface area contributed by atoms with Crippen LogP contribution in [0.15, 0.2) is 48.6 Å². The maximum atomic E-state index is 12.0. The fraction of sp³-hybridized carbons (Fsp3) is 0.158. The summed E-state index contributed by atoms with van der Waals surface area (Å²) in [6.07, 6.45) is 0. The van der Waals surface area contributed by atoms with Crippen LogP contribution in [0.25, 0.3) is 10.8 Å². The number of carbonyl (C=O) groups is 2. The molecule has 0 aliphatic rings. The molecule has 0 N–H and O–H groups in total. The molecule has 2 aromatic carbocycles. The Kier molecular flexibility index (Phi) is 5.49. The molecule has 0 atom stereocenters. The first-order chi connectivity index (χ1) is 11.7. The number of fused-ring (bicyclic) bond motifs is 1. The van der Waals surface area contributed by atoms with Gasteiger partial charge in [0.15, 0.2) is 11.5 Å². The maximum Gasteiger partial charge on any atom is 0.338 e. The molecule has 0 unspecified atom stereocenters. The second kappa shape index (κ2) is 7.40. The third-order valence-electron chi connectivity index (χ3n) is 3.29. The highest BCUT2D eigenvalue weighted by Crippen LogP contribution is 2.43. The van der Waals surface area contributed by atoms with Crippen molar-refractivity contribution in [3.8, 4) is 17.2 Å². The molecule has 0 saturated carbocycles. The van der Waals surface area contributed by atoms with Crippen LogP contribution >= 0.6 is 11.6 Å². The van der Waals surface area contributed by atoms with E-state index in [9.17, 15) is 9.59 Å². The molecule has 0 heterocycles. The fourth-order valence-corrected chi connectivity index (χ4v) is 2.20. The number of ether oxygens (including phenoxy) is 3. The monoisotopic (exact) mass is 360 g/mol. The van der Waals surface area contributed by atoms with Crippen molar-refractivity contribution in [2.45, 2.75) is 13.8 Å². The molecule has 0 aliphatic carbocycles. The number of hydrogen-bond donors (Lipinski definition) is 0. The van der Waals surface area contributed by atoms with Gasteiger partial charge < -0.3 is 14.2 Å². The van der Waals surface area contributed by atoms with Gasteiger partial charge in [0.1, 0.15) is 5.75 Å². The van der Waals surface area contributed by atoms with Crippen molar-refractivity contribution in [3.05, 3.63) is 53.6 Å². The summed E-state index contributed by atoms with van der Waals surface area (Å²) in [4.78, 5) is 23.9. The maximum absolute atomic E-state index is 12.0. The van der Waals surface area contributed by atoms with Gasteiger partial charge >= 0.3 is 11.9 Å². The van der Waals surface area contributed by atoms with Gasteiger partial charge in [0.25, 0.3) is 0 Å². The molecule has 6 heteroatoms. The molecule has 2 aromatic rings. The Labute approximate surface area is 150 Å². The van der Waals surface area contributed by atoms with Crippen molar-refractivity contribution in [3.63, 3.8) is 0 Å². The number of methoxy groups -OCH3 is 1. The molecule has 130 valence electrons. The molecule has 2 rings (SSSR count). The van der Waals surface area contributed by atoms with E-state index < -0.39 is 11.9 Å². The molecule has 25 heavy (non-hydrogen) atoms. The normalized spacial score (nSPS) is 10.2.